The summed E-state index contributed by atoms with van der Waals surface area (Å²) >= 11 is 0. The van der Waals surface area contributed by atoms with Crippen molar-refractivity contribution in [3.8, 4) is 0 Å². The van der Waals surface area contributed by atoms with Crippen LogP contribution in [0.5, 0.6) is 0 Å². The molecule has 2 aliphatic rings. The van der Waals surface area contributed by atoms with Crippen LogP contribution in [0.25, 0.3) is 11.2 Å². The second-order valence-electron chi connectivity index (χ2n) is 6.06. The van der Waals surface area contributed by atoms with Crippen molar-refractivity contribution in [3.63, 3.8) is 0 Å². The van der Waals surface area contributed by atoms with E-state index >= 15 is 0 Å². The summed E-state index contributed by atoms with van der Waals surface area (Å²) in [5.41, 5.74) is 6.77. The molecule has 136 valence electrons. The van der Waals surface area contributed by atoms with E-state index in [1.807, 2.05) is 4.90 Å². The number of imidazole rings is 1. The van der Waals surface area contributed by atoms with E-state index in [4.69, 9.17) is 15.2 Å². The quantitative estimate of drug-likeness (QED) is 0.481. The van der Waals surface area contributed by atoms with Crippen molar-refractivity contribution >= 4 is 22.9 Å². The first kappa shape index (κ1) is 16.4. The highest BCUT2D eigenvalue weighted by molar-refractivity contribution is 5.84. The van der Waals surface area contributed by atoms with Gasteiger partial charge < -0.3 is 35.4 Å². The second-order valence-corrected chi connectivity index (χ2v) is 6.06. The zero-order valence-electron chi connectivity index (χ0n) is 13.4. The molecule has 0 saturated carbocycles. The Kier molecular flexibility index (Phi) is 4.17. The number of rotatable bonds is 3. The van der Waals surface area contributed by atoms with E-state index in [1.165, 1.54) is 10.9 Å². The van der Waals surface area contributed by atoms with Gasteiger partial charge in [-0.1, -0.05) is 0 Å². The van der Waals surface area contributed by atoms with Gasteiger partial charge in [-0.25, -0.2) is 4.98 Å². The number of aromatic nitrogens is 4. The minimum Gasteiger partial charge on any atom is -0.394 e. The Bertz CT molecular complexity index is 763. The van der Waals surface area contributed by atoms with Crippen molar-refractivity contribution in [1.82, 2.24) is 19.5 Å². The first-order valence-electron chi connectivity index (χ1n) is 8.05. The average Bonchev–Trinajstić information content (AvgIpc) is 3.16. The van der Waals surface area contributed by atoms with Crippen LogP contribution in [0.1, 0.15) is 6.23 Å². The highest BCUT2D eigenvalue weighted by atomic mass is 16.6. The van der Waals surface area contributed by atoms with Crippen molar-refractivity contribution in [2.24, 2.45) is 0 Å². The smallest absolute Gasteiger partial charge is 0.224 e. The van der Waals surface area contributed by atoms with Gasteiger partial charge >= 0.3 is 0 Å². The van der Waals surface area contributed by atoms with Gasteiger partial charge in [0.25, 0.3) is 0 Å². The molecule has 0 aromatic carbocycles. The first-order valence-corrected chi connectivity index (χ1v) is 8.05. The van der Waals surface area contributed by atoms with Crippen LogP contribution in [0.15, 0.2) is 6.33 Å². The van der Waals surface area contributed by atoms with Gasteiger partial charge in [0.2, 0.25) is 5.95 Å². The topological polar surface area (TPSA) is 152 Å². The van der Waals surface area contributed by atoms with Gasteiger partial charge in [-0.05, 0) is 0 Å². The molecule has 0 aliphatic carbocycles. The van der Waals surface area contributed by atoms with Crippen molar-refractivity contribution in [3.05, 3.63) is 6.33 Å². The molecule has 2 aliphatic heterocycles. The summed E-state index contributed by atoms with van der Waals surface area (Å²) in [6, 6.07) is 0. The number of nitrogens with two attached hydrogens (primary N) is 1. The summed E-state index contributed by atoms with van der Waals surface area (Å²) < 4.78 is 12.4. The van der Waals surface area contributed by atoms with E-state index in [2.05, 4.69) is 15.0 Å². The number of fused-ring (bicyclic) bond motifs is 1. The van der Waals surface area contributed by atoms with Crippen LogP contribution in [0.3, 0.4) is 0 Å². The molecular formula is C14H20N6O5. The lowest BCUT2D eigenvalue weighted by atomic mass is 10.1. The third kappa shape index (κ3) is 2.69. The molecule has 0 amide bonds. The van der Waals surface area contributed by atoms with Crippen LogP contribution in [-0.2, 0) is 9.47 Å². The van der Waals surface area contributed by atoms with Gasteiger partial charge in [-0.15, -0.1) is 0 Å². The first-order chi connectivity index (χ1) is 12.1. The second kappa shape index (κ2) is 6.35. The fraction of sp³-hybridized carbons (Fsp3) is 0.643. The molecule has 4 atom stereocenters. The molecule has 0 bridgehead atoms. The summed E-state index contributed by atoms with van der Waals surface area (Å²) in [7, 11) is 0. The zero-order valence-corrected chi connectivity index (χ0v) is 13.4. The predicted molar refractivity (Wildman–Crippen MR) is 85.8 cm³/mol. The SMILES string of the molecule is Nc1nc(N2CCOCC2)c2ncn(C3OC(CO)C(O)C3O)c2n1. The Balaban J connectivity index is 1.75. The van der Waals surface area contributed by atoms with E-state index in [0.29, 0.717) is 43.3 Å². The highest BCUT2D eigenvalue weighted by Gasteiger charge is 2.44. The van der Waals surface area contributed by atoms with Crippen LogP contribution in [-0.4, -0.2) is 86.1 Å². The lowest BCUT2D eigenvalue weighted by Gasteiger charge is -2.28. The molecule has 4 rings (SSSR count). The maximum Gasteiger partial charge on any atom is 0.224 e. The monoisotopic (exact) mass is 352 g/mol. The summed E-state index contributed by atoms with van der Waals surface area (Å²) in [6.45, 7) is 2.08. The molecule has 11 heteroatoms. The number of anilines is 2. The third-order valence-electron chi connectivity index (χ3n) is 4.52. The summed E-state index contributed by atoms with van der Waals surface area (Å²) in [5.74, 6) is 0.666. The maximum absolute atomic E-state index is 10.2. The molecule has 2 aromatic heterocycles. The van der Waals surface area contributed by atoms with E-state index in [0.717, 1.165) is 0 Å². The molecular weight excluding hydrogens is 332 g/mol. The molecule has 5 N–H and O–H groups in total. The maximum atomic E-state index is 10.2. The van der Waals surface area contributed by atoms with Gasteiger partial charge in [0.1, 0.15) is 18.3 Å². The number of aliphatic hydroxyl groups is 3. The number of nitrogens with zero attached hydrogens (tertiary/aromatic N) is 5. The molecule has 11 nitrogen and oxygen atoms in total. The van der Waals surface area contributed by atoms with Crippen LogP contribution >= 0.6 is 0 Å². The van der Waals surface area contributed by atoms with Crippen molar-refractivity contribution in [1.29, 1.82) is 0 Å². The van der Waals surface area contributed by atoms with Crippen LogP contribution in [0, 0.1) is 0 Å². The number of nitrogen functional groups attached to an aromatic ring is 1. The number of aliphatic hydroxyl groups excluding tert-OH is 3. The lowest BCUT2D eigenvalue weighted by Crippen LogP contribution is -2.37. The average molecular weight is 352 g/mol. The summed E-state index contributed by atoms with van der Waals surface area (Å²) in [5, 5.41) is 29.5. The molecule has 4 unspecified atom stereocenters. The Morgan fingerprint density at radius 3 is 2.64 bits per heavy atom. The Labute approximate surface area is 142 Å². The molecule has 0 radical (unpaired) electrons. The van der Waals surface area contributed by atoms with Crippen molar-refractivity contribution < 1.29 is 24.8 Å². The molecule has 25 heavy (non-hydrogen) atoms. The minimum absolute atomic E-state index is 0.0717. The number of hydrogen-bond acceptors (Lipinski definition) is 10. The summed E-state index contributed by atoms with van der Waals surface area (Å²) in [4.78, 5) is 14.9. The Hall–Kier alpha value is -2.05. The fourth-order valence-electron chi connectivity index (χ4n) is 3.21. The summed E-state index contributed by atoms with van der Waals surface area (Å²) in [6.07, 6.45) is -2.77. The van der Waals surface area contributed by atoms with Gasteiger partial charge in [-0.3, -0.25) is 4.57 Å². The standard InChI is InChI=1S/C14H20N6O5/c15-14-17-11(19-1-3-24-4-2-19)8-12(18-14)20(6-16-8)13-10(23)9(22)7(5-21)25-13/h6-7,9-10,13,21-23H,1-5H2,(H2,15,17,18). The third-order valence-corrected chi connectivity index (χ3v) is 4.52. The van der Waals surface area contributed by atoms with Crippen molar-refractivity contribution in [2.75, 3.05) is 43.5 Å². The van der Waals surface area contributed by atoms with E-state index in [-0.39, 0.29) is 5.95 Å². The zero-order chi connectivity index (χ0) is 17.6. The Morgan fingerprint density at radius 1 is 1.20 bits per heavy atom. The molecule has 0 spiro atoms. The molecule has 2 aromatic rings. The van der Waals surface area contributed by atoms with Gasteiger partial charge in [0.15, 0.2) is 23.2 Å². The highest BCUT2D eigenvalue weighted by Crippen LogP contribution is 2.33. The van der Waals surface area contributed by atoms with Crippen molar-refractivity contribution in [2.45, 2.75) is 24.5 Å². The molecule has 4 heterocycles. The number of hydrogen-bond donors (Lipinski definition) is 4. The Morgan fingerprint density at radius 2 is 1.96 bits per heavy atom. The van der Waals surface area contributed by atoms with Gasteiger partial charge in [0, 0.05) is 13.1 Å². The van der Waals surface area contributed by atoms with Crippen LogP contribution < -0.4 is 10.6 Å². The molecule has 2 fully saturated rings. The van der Waals surface area contributed by atoms with E-state index < -0.39 is 31.1 Å². The number of ether oxygens (including phenoxy) is 2. The largest absolute Gasteiger partial charge is 0.394 e. The fourth-order valence-corrected chi connectivity index (χ4v) is 3.21. The van der Waals surface area contributed by atoms with Gasteiger partial charge in [0.05, 0.1) is 26.1 Å². The van der Waals surface area contributed by atoms with Crippen LogP contribution in [0.4, 0.5) is 11.8 Å². The molecule has 2 saturated heterocycles. The number of morpholine rings is 1. The predicted octanol–water partition coefficient (Wildman–Crippen LogP) is -2.14. The van der Waals surface area contributed by atoms with E-state index in [1.54, 1.807) is 0 Å². The normalized spacial score (nSPS) is 30.3. The van der Waals surface area contributed by atoms with Crippen LogP contribution in [0.2, 0.25) is 0 Å². The van der Waals surface area contributed by atoms with Gasteiger partial charge in [-0.2, -0.15) is 9.97 Å². The van der Waals surface area contributed by atoms with E-state index in [9.17, 15) is 15.3 Å². The lowest BCUT2D eigenvalue weighted by molar-refractivity contribution is -0.0511. The minimum atomic E-state index is -1.22.